The van der Waals surface area contributed by atoms with Crippen LogP contribution in [0.3, 0.4) is 0 Å². The van der Waals surface area contributed by atoms with E-state index in [0.29, 0.717) is 50.8 Å². The van der Waals surface area contributed by atoms with Crippen LogP contribution in [0.1, 0.15) is 2.74 Å². The molecule has 47 heavy (non-hydrogen) atoms. The molecule has 8 aromatic rings. The van der Waals surface area contributed by atoms with Gasteiger partial charge in [0.1, 0.15) is 0 Å². The summed E-state index contributed by atoms with van der Waals surface area (Å²) in [4.78, 5) is 17.8. The van der Waals surface area contributed by atoms with E-state index in [4.69, 9.17) is 12.2 Å². The van der Waals surface area contributed by atoms with Gasteiger partial charge in [-0.3, -0.25) is 0 Å². The van der Waals surface area contributed by atoms with Crippen molar-refractivity contribution in [2.45, 2.75) is 0 Å². The number of hydrogen-bond donors (Lipinski definition) is 0. The minimum Gasteiger partial charge on any atom is -0.503 e. The van der Waals surface area contributed by atoms with Crippen LogP contribution in [0.25, 0.3) is 50.3 Å². The largest absolute Gasteiger partial charge is 2.00 e. The molecule has 4 aromatic carbocycles. The predicted octanol–water partition coefficient (Wildman–Crippen LogP) is 8.48. The molecule has 0 saturated carbocycles. The number of benzene rings is 4. The van der Waals surface area contributed by atoms with Crippen LogP contribution in [0, 0.1) is 24.3 Å². The van der Waals surface area contributed by atoms with E-state index in [1.165, 1.54) is 0 Å². The van der Waals surface area contributed by atoms with Crippen molar-refractivity contribution >= 4 is 21.8 Å². The maximum absolute atomic E-state index is 9.03. The minimum atomic E-state index is 0. The van der Waals surface area contributed by atoms with E-state index < -0.39 is 0 Å². The van der Waals surface area contributed by atoms with E-state index in [-0.39, 0.29) is 52.9 Å². The fourth-order valence-electron chi connectivity index (χ4n) is 4.98. The van der Waals surface area contributed by atoms with Crippen LogP contribution >= 0.6 is 0 Å². The molecule has 0 unspecified atom stereocenters. The molecular formula is C38H21N5O2Pd2. The molecule has 0 spiro atoms. The molecule has 0 N–H and O–H groups in total. The first-order chi connectivity index (χ1) is 23.1. The molecule has 4 heterocycles. The van der Waals surface area contributed by atoms with Crippen molar-refractivity contribution in [1.29, 1.82) is 0 Å². The summed E-state index contributed by atoms with van der Waals surface area (Å²) in [5.41, 5.74) is 3.98. The molecule has 0 aliphatic carbocycles. The number of ether oxygens (including phenoxy) is 2. The molecule has 0 aliphatic heterocycles. The Kier molecular flexibility index (Phi) is 8.87. The first-order valence-electron chi connectivity index (χ1n) is 15.1. The van der Waals surface area contributed by atoms with Gasteiger partial charge in [-0.2, -0.15) is 22.9 Å². The van der Waals surface area contributed by atoms with Crippen LogP contribution in [0.15, 0.2) is 128 Å². The number of fused-ring (bicyclic) bond motifs is 3. The Balaban J connectivity index is 0.00000208. The summed E-state index contributed by atoms with van der Waals surface area (Å²) in [6.45, 7) is 0. The average molecular weight is 794 g/mol. The van der Waals surface area contributed by atoms with Gasteiger partial charge < -0.3 is 24.0 Å². The summed E-state index contributed by atoms with van der Waals surface area (Å²) in [7, 11) is 0. The second-order valence-corrected chi connectivity index (χ2v) is 9.88. The molecule has 7 nitrogen and oxygen atoms in total. The van der Waals surface area contributed by atoms with Gasteiger partial charge in [-0.25, -0.2) is 9.97 Å². The number of hydrogen-bond acceptors (Lipinski definition) is 6. The SMILES string of the molecule is [2H]c1cc(Oc2[c-]c(-c3ccccn3)ccc2)[c-]c2c1c1c([2H])cc(Oc3[c-]c(-c4ccccn4)ccc3)[c-]c1n2-c1ncccn1.[Pd+2].[Pd+2]. The van der Waals surface area contributed by atoms with E-state index in [2.05, 4.69) is 44.2 Å². The number of nitrogens with zero attached hydrogens (tertiary/aromatic N) is 5. The van der Waals surface area contributed by atoms with Crippen LogP contribution in [0.4, 0.5) is 0 Å². The van der Waals surface area contributed by atoms with E-state index in [1.807, 2.05) is 60.7 Å². The first-order valence-corrected chi connectivity index (χ1v) is 14.1. The number of pyridine rings is 2. The standard InChI is InChI=1S/C38H21N5O2.2Pd/c1-3-18-39-34(12-1)26-8-5-10-28(22-26)44-30-14-16-32-33-17-15-31(25-37(33)43(36(32)24-30)38-41-20-7-21-42-38)45-29-11-6-9-27(23-29)35-13-2-4-19-40-35;;/h1-21H;;/q-4;2*+2/i16D,17D;;. The third kappa shape index (κ3) is 6.62. The Morgan fingerprint density at radius 2 is 0.957 bits per heavy atom. The molecule has 9 heteroatoms. The zero-order valence-electron chi connectivity index (χ0n) is 26.2. The smallest absolute Gasteiger partial charge is 0.503 e. The van der Waals surface area contributed by atoms with E-state index in [1.54, 1.807) is 59.7 Å². The van der Waals surface area contributed by atoms with Gasteiger partial charge in [0.2, 0.25) is 5.95 Å². The Morgan fingerprint density at radius 3 is 1.43 bits per heavy atom. The molecular weight excluding hydrogens is 771 g/mol. The van der Waals surface area contributed by atoms with Crippen molar-refractivity contribution in [1.82, 2.24) is 24.5 Å². The molecule has 0 saturated heterocycles. The van der Waals surface area contributed by atoms with Crippen molar-refractivity contribution in [3.05, 3.63) is 152 Å². The zero-order chi connectivity index (χ0) is 31.7. The fourth-order valence-corrected chi connectivity index (χ4v) is 4.98. The average Bonchev–Trinajstić information content (AvgIpc) is 3.44. The van der Waals surface area contributed by atoms with Crippen LogP contribution in [0.2, 0.25) is 0 Å². The summed E-state index contributed by atoms with van der Waals surface area (Å²) in [6, 6.07) is 40.6. The Labute approximate surface area is 301 Å². The fraction of sp³-hybridized carbons (Fsp3) is 0. The third-order valence-corrected chi connectivity index (χ3v) is 6.96. The minimum absolute atomic E-state index is 0. The summed E-state index contributed by atoms with van der Waals surface area (Å²) >= 11 is 0. The summed E-state index contributed by atoms with van der Waals surface area (Å²) < 4.78 is 32.1. The van der Waals surface area contributed by atoms with Crippen LogP contribution in [-0.4, -0.2) is 24.5 Å². The van der Waals surface area contributed by atoms with Crippen molar-refractivity contribution in [2.75, 3.05) is 0 Å². The van der Waals surface area contributed by atoms with Crippen LogP contribution in [-0.2, 0) is 40.8 Å². The van der Waals surface area contributed by atoms with E-state index >= 15 is 0 Å². The van der Waals surface area contributed by atoms with E-state index in [9.17, 15) is 0 Å². The van der Waals surface area contributed by atoms with Gasteiger partial charge in [0.05, 0.1) is 0 Å². The Morgan fingerprint density at radius 1 is 0.489 bits per heavy atom. The molecule has 8 rings (SSSR count). The number of aromatic nitrogens is 5. The van der Waals surface area contributed by atoms with Gasteiger partial charge in [-0.1, -0.05) is 47.4 Å². The van der Waals surface area contributed by atoms with Crippen LogP contribution in [0.5, 0.6) is 23.0 Å². The van der Waals surface area contributed by atoms with Gasteiger partial charge in [0.15, 0.2) is 0 Å². The monoisotopic (exact) mass is 793 g/mol. The topological polar surface area (TPSA) is 75.0 Å². The molecule has 0 fully saturated rings. The van der Waals surface area contributed by atoms with Crippen molar-refractivity contribution < 1.29 is 53.1 Å². The summed E-state index contributed by atoms with van der Waals surface area (Å²) in [5.74, 6) is 1.78. The predicted molar refractivity (Wildman–Crippen MR) is 171 cm³/mol. The molecule has 0 aliphatic rings. The maximum atomic E-state index is 9.03. The number of rotatable bonds is 7. The first kappa shape index (κ1) is 29.4. The molecule has 0 radical (unpaired) electrons. The van der Waals surface area contributed by atoms with Crippen molar-refractivity contribution in [3.8, 4) is 51.5 Å². The van der Waals surface area contributed by atoms with Crippen LogP contribution < -0.4 is 9.47 Å². The third-order valence-electron chi connectivity index (χ3n) is 6.96. The molecule has 0 bridgehead atoms. The van der Waals surface area contributed by atoms with Gasteiger partial charge in [0, 0.05) is 50.5 Å². The molecule has 230 valence electrons. The molecule has 0 amide bonds. The zero-order valence-corrected chi connectivity index (χ0v) is 27.3. The maximum Gasteiger partial charge on any atom is 2.00 e. The Bertz CT molecular complexity index is 2250. The van der Waals surface area contributed by atoms with Crippen molar-refractivity contribution in [2.24, 2.45) is 0 Å². The van der Waals surface area contributed by atoms with Gasteiger partial charge >= 0.3 is 40.8 Å². The quantitative estimate of drug-likeness (QED) is 0.119. The molecule has 0 atom stereocenters. The molecule has 4 aromatic heterocycles. The second-order valence-electron chi connectivity index (χ2n) is 9.88. The van der Waals surface area contributed by atoms with Gasteiger partial charge in [-0.05, 0) is 29.6 Å². The summed E-state index contributed by atoms with van der Waals surface area (Å²) in [5, 5.41) is 0.977. The second kappa shape index (κ2) is 14.2. The normalized spacial score (nSPS) is 11.2. The Hall–Kier alpha value is -5.02. The van der Waals surface area contributed by atoms with Crippen molar-refractivity contribution in [3.63, 3.8) is 0 Å². The summed E-state index contributed by atoms with van der Waals surface area (Å²) in [6.07, 6.45) is 6.70. The van der Waals surface area contributed by atoms with Gasteiger partial charge in [-0.15, -0.1) is 71.8 Å². The van der Waals surface area contributed by atoms with E-state index in [0.717, 1.165) is 22.5 Å². The van der Waals surface area contributed by atoms with Gasteiger partial charge in [0.25, 0.3) is 0 Å².